The molecule has 1 aromatic carbocycles. The predicted molar refractivity (Wildman–Crippen MR) is 80.3 cm³/mol. The first kappa shape index (κ1) is 17.3. The summed E-state index contributed by atoms with van der Waals surface area (Å²) in [5.74, 6) is -0.111. The second-order valence-electron chi connectivity index (χ2n) is 4.76. The van der Waals surface area contributed by atoms with Crippen LogP contribution in [0.1, 0.15) is 43.5 Å². The van der Waals surface area contributed by atoms with Gasteiger partial charge in [-0.05, 0) is 18.6 Å². The number of carbonyl (C=O) groups excluding carboxylic acids is 1. The molecule has 0 radical (unpaired) electrons. The van der Waals surface area contributed by atoms with Gasteiger partial charge in [-0.15, -0.1) is 0 Å². The average Bonchev–Trinajstić information content (AvgIpc) is 2.51. The zero-order valence-electron chi connectivity index (χ0n) is 12.5. The molecule has 21 heavy (non-hydrogen) atoms. The van der Waals surface area contributed by atoms with E-state index in [1.165, 1.54) is 19.2 Å². The molecule has 0 aliphatic heterocycles. The average molecular weight is 308 g/mol. The molecule has 1 aromatic rings. The molecule has 0 saturated heterocycles. The van der Waals surface area contributed by atoms with Gasteiger partial charge < -0.3 is 0 Å². The maximum absolute atomic E-state index is 12.5. The van der Waals surface area contributed by atoms with Gasteiger partial charge in [0.25, 0.3) is 0 Å². The van der Waals surface area contributed by atoms with Crippen molar-refractivity contribution in [1.29, 1.82) is 5.26 Å². The molecule has 0 aromatic heterocycles. The van der Waals surface area contributed by atoms with Crippen LogP contribution in [0, 0.1) is 11.3 Å². The molecule has 114 valence electrons. The maximum Gasteiger partial charge on any atom is 0.244 e. The Morgan fingerprint density at radius 1 is 1.38 bits per heavy atom. The number of hydrogen-bond donors (Lipinski definition) is 0. The molecule has 0 heterocycles. The Kier molecular flexibility index (Phi) is 6.06. The number of Topliss-reactive ketones (excluding diaryl/α,β-unsaturated/α-hetero) is 1. The summed E-state index contributed by atoms with van der Waals surface area (Å²) in [6, 6.07) is 7.26. The third-order valence-corrected chi connectivity index (χ3v) is 5.17. The van der Waals surface area contributed by atoms with Crippen molar-refractivity contribution >= 4 is 15.8 Å². The second-order valence-corrected chi connectivity index (χ2v) is 6.76. The van der Waals surface area contributed by atoms with Gasteiger partial charge in [0, 0.05) is 19.0 Å². The summed E-state index contributed by atoms with van der Waals surface area (Å²) in [5, 5.41) is 9.11. The van der Waals surface area contributed by atoms with E-state index in [1.807, 2.05) is 13.0 Å². The van der Waals surface area contributed by atoms with E-state index in [0.717, 1.165) is 4.31 Å². The first-order chi connectivity index (χ1) is 9.88. The molecule has 0 aliphatic carbocycles. The molecule has 5 nitrogen and oxygen atoms in total. The van der Waals surface area contributed by atoms with Crippen molar-refractivity contribution in [3.8, 4) is 6.07 Å². The van der Waals surface area contributed by atoms with Gasteiger partial charge >= 0.3 is 0 Å². The van der Waals surface area contributed by atoms with Crippen molar-refractivity contribution in [3.63, 3.8) is 0 Å². The standard InChI is InChI=1S/C15H20N2O3S/c1-4-7-13(11-16)17(3)21(19,20)14-9-6-8-12(10-14)15(18)5-2/h6,8-10,13H,4-5,7H2,1-3H3. The van der Waals surface area contributed by atoms with Gasteiger partial charge in [-0.3, -0.25) is 4.79 Å². The lowest BCUT2D eigenvalue weighted by atomic mass is 10.1. The number of nitrogens with zero attached hydrogens (tertiary/aromatic N) is 2. The molecule has 1 atom stereocenters. The molecular formula is C15H20N2O3S. The summed E-state index contributed by atoms with van der Waals surface area (Å²) in [7, 11) is -2.38. The third kappa shape index (κ3) is 3.90. The highest BCUT2D eigenvalue weighted by molar-refractivity contribution is 7.89. The number of rotatable bonds is 7. The minimum atomic E-state index is -3.78. The molecular weight excluding hydrogens is 288 g/mol. The van der Waals surface area contributed by atoms with Crippen LogP contribution in [-0.2, 0) is 10.0 Å². The van der Waals surface area contributed by atoms with Crippen LogP contribution in [0.4, 0.5) is 0 Å². The summed E-state index contributed by atoms with van der Waals surface area (Å²) in [6.07, 6.45) is 1.50. The van der Waals surface area contributed by atoms with E-state index < -0.39 is 16.1 Å². The molecule has 1 rings (SSSR count). The van der Waals surface area contributed by atoms with Crippen molar-refractivity contribution in [1.82, 2.24) is 4.31 Å². The number of nitriles is 1. The maximum atomic E-state index is 12.5. The smallest absolute Gasteiger partial charge is 0.244 e. The van der Waals surface area contributed by atoms with Crippen LogP contribution in [0.2, 0.25) is 0 Å². The lowest BCUT2D eigenvalue weighted by Gasteiger charge is -2.22. The van der Waals surface area contributed by atoms with Gasteiger partial charge in [0.2, 0.25) is 10.0 Å². The van der Waals surface area contributed by atoms with Crippen LogP contribution in [0.15, 0.2) is 29.2 Å². The number of benzene rings is 1. The number of carbonyl (C=O) groups is 1. The Balaban J connectivity index is 3.19. The minimum Gasteiger partial charge on any atom is -0.294 e. The molecule has 0 amide bonds. The molecule has 0 saturated carbocycles. The molecule has 0 N–H and O–H groups in total. The largest absolute Gasteiger partial charge is 0.294 e. The van der Waals surface area contributed by atoms with Gasteiger partial charge in [-0.25, -0.2) is 8.42 Å². The summed E-state index contributed by atoms with van der Waals surface area (Å²) in [5.41, 5.74) is 0.371. The summed E-state index contributed by atoms with van der Waals surface area (Å²) in [6.45, 7) is 3.62. The number of sulfonamides is 1. The highest BCUT2D eigenvalue weighted by Crippen LogP contribution is 2.20. The topological polar surface area (TPSA) is 78.2 Å². The van der Waals surface area contributed by atoms with Crippen LogP contribution < -0.4 is 0 Å². The van der Waals surface area contributed by atoms with E-state index in [1.54, 1.807) is 19.1 Å². The van der Waals surface area contributed by atoms with Crippen molar-refractivity contribution in [2.24, 2.45) is 0 Å². The Labute approximate surface area is 126 Å². The lowest BCUT2D eigenvalue weighted by Crippen LogP contribution is -2.36. The Hall–Kier alpha value is -1.71. The monoisotopic (exact) mass is 308 g/mol. The zero-order valence-corrected chi connectivity index (χ0v) is 13.4. The lowest BCUT2D eigenvalue weighted by molar-refractivity contribution is 0.0988. The van der Waals surface area contributed by atoms with Crippen molar-refractivity contribution in [2.45, 2.75) is 44.0 Å². The summed E-state index contributed by atoms with van der Waals surface area (Å²) in [4.78, 5) is 11.7. The molecule has 0 fully saturated rings. The van der Waals surface area contributed by atoms with Crippen LogP contribution >= 0.6 is 0 Å². The van der Waals surface area contributed by atoms with Gasteiger partial charge in [0.1, 0.15) is 6.04 Å². The second kappa shape index (κ2) is 7.34. The van der Waals surface area contributed by atoms with Crippen LogP contribution in [0.25, 0.3) is 0 Å². The Morgan fingerprint density at radius 3 is 2.57 bits per heavy atom. The first-order valence-corrected chi connectivity index (χ1v) is 8.33. The van der Waals surface area contributed by atoms with Crippen LogP contribution in [0.3, 0.4) is 0 Å². The third-order valence-electron chi connectivity index (χ3n) is 3.30. The fourth-order valence-electron chi connectivity index (χ4n) is 1.97. The highest BCUT2D eigenvalue weighted by Gasteiger charge is 2.27. The van der Waals surface area contributed by atoms with E-state index in [-0.39, 0.29) is 10.7 Å². The number of hydrogen-bond acceptors (Lipinski definition) is 4. The molecule has 6 heteroatoms. The molecule has 0 aliphatic rings. The van der Waals surface area contributed by atoms with E-state index >= 15 is 0 Å². The Bertz CT molecular complexity index is 647. The predicted octanol–water partition coefficient (Wildman–Crippen LogP) is 2.59. The van der Waals surface area contributed by atoms with E-state index in [9.17, 15) is 13.2 Å². The van der Waals surface area contributed by atoms with Gasteiger partial charge in [-0.2, -0.15) is 9.57 Å². The highest BCUT2D eigenvalue weighted by atomic mass is 32.2. The van der Waals surface area contributed by atoms with Crippen LogP contribution in [0.5, 0.6) is 0 Å². The van der Waals surface area contributed by atoms with E-state index in [4.69, 9.17) is 5.26 Å². The van der Waals surface area contributed by atoms with Crippen molar-refractivity contribution in [2.75, 3.05) is 7.05 Å². The Morgan fingerprint density at radius 2 is 2.05 bits per heavy atom. The quantitative estimate of drug-likeness (QED) is 0.725. The molecule has 1 unspecified atom stereocenters. The zero-order chi connectivity index (χ0) is 16.0. The van der Waals surface area contributed by atoms with Gasteiger partial charge in [0.05, 0.1) is 11.0 Å². The normalized spacial score (nSPS) is 12.9. The SMILES string of the molecule is CCCC(C#N)N(C)S(=O)(=O)c1cccc(C(=O)CC)c1. The van der Waals surface area contributed by atoms with Gasteiger partial charge in [-0.1, -0.05) is 32.4 Å². The molecule has 0 spiro atoms. The van der Waals surface area contributed by atoms with E-state index in [0.29, 0.717) is 24.8 Å². The van der Waals surface area contributed by atoms with Crippen molar-refractivity contribution in [3.05, 3.63) is 29.8 Å². The van der Waals surface area contributed by atoms with Gasteiger partial charge in [0.15, 0.2) is 5.78 Å². The van der Waals surface area contributed by atoms with Crippen LogP contribution in [-0.4, -0.2) is 31.6 Å². The minimum absolute atomic E-state index is 0.0423. The number of ketones is 1. The fraction of sp³-hybridized carbons (Fsp3) is 0.467. The molecule has 0 bridgehead atoms. The van der Waals surface area contributed by atoms with Crippen molar-refractivity contribution < 1.29 is 13.2 Å². The summed E-state index contributed by atoms with van der Waals surface area (Å²) >= 11 is 0. The fourth-order valence-corrected chi connectivity index (χ4v) is 3.32. The summed E-state index contributed by atoms with van der Waals surface area (Å²) < 4.78 is 26.1. The van der Waals surface area contributed by atoms with E-state index in [2.05, 4.69) is 0 Å². The first-order valence-electron chi connectivity index (χ1n) is 6.89.